The minimum absolute atomic E-state index is 0. The van der Waals surface area contributed by atoms with Gasteiger partial charge in [-0.15, -0.1) is 35.3 Å². The summed E-state index contributed by atoms with van der Waals surface area (Å²) in [4.78, 5) is 10.6. The van der Waals surface area contributed by atoms with E-state index in [4.69, 9.17) is 14.5 Å². The first-order chi connectivity index (χ1) is 13.2. The number of guanidine groups is 1. The molecule has 154 valence electrons. The SMILES string of the molecule is CCNC(=NCc1cccc2c1OCCCO2)NCCc1nc(C)c(C)s1.I. The molecule has 8 heteroatoms. The number of nitrogens with one attached hydrogen (secondary N) is 2. The van der Waals surface area contributed by atoms with Crippen LogP contribution in [0.4, 0.5) is 0 Å². The molecule has 0 radical (unpaired) electrons. The monoisotopic (exact) mass is 516 g/mol. The summed E-state index contributed by atoms with van der Waals surface area (Å²) < 4.78 is 11.6. The number of nitrogens with zero attached hydrogens (tertiary/aromatic N) is 2. The molecule has 0 saturated heterocycles. The third-order valence-corrected chi connectivity index (χ3v) is 5.44. The standard InChI is InChI=1S/C20H28N4O2S.HI/c1-4-21-20(22-10-9-18-24-14(2)15(3)27-18)23-13-16-7-5-8-17-19(16)26-12-6-11-25-17;/h5,7-8H,4,6,9-13H2,1-3H3,(H2,21,22,23);1H. The summed E-state index contributed by atoms with van der Waals surface area (Å²) in [7, 11) is 0. The predicted octanol–water partition coefficient (Wildman–Crippen LogP) is 3.84. The normalized spacial score (nSPS) is 13.5. The van der Waals surface area contributed by atoms with Crippen LogP contribution in [0, 0.1) is 13.8 Å². The average molecular weight is 516 g/mol. The number of hydrogen-bond acceptors (Lipinski definition) is 5. The van der Waals surface area contributed by atoms with Crippen molar-refractivity contribution >= 4 is 41.3 Å². The van der Waals surface area contributed by atoms with Crippen molar-refractivity contribution in [2.45, 2.75) is 40.2 Å². The zero-order chi connectivity index (χ0) is 19.1. The summed E-state index contributed by atoms with van der Waals surface area (Å²) in [5.41, 5.74) is 2.17. The summed E-state index contributed by atoms with van der Waals surface area (Å²) in [6.07, 6.45) is 1.79. The zero-order valence-electron chi connectivity index (χ0n) is 16.7. The van der Waals surface area contributed by atoms with Crippen molar-refractivity contribution in [1.29, 1.82) is 0 Å². The number of para-hydroxylation sites is 1. The Morgan fingerprint density at radius 2 is 2.04 bits per heavy atom. The van der Waals surface area contributed by atoms with Crippen LogP contribution in [0.5, 0.6) is 11.5 Å². The predicted molar refractivity (Wildman–Crippen MR) is 126 cm³/mol. The van der Waals surface area contributed by atoms with Crippen molar-refractivity contribution in [2.75, 3.05) is 26.3 Å². The minimum Gasteiger partial charge on any atom is -0.490 e. The number of aromatic nitrogens is 1. The van der Waals surface area contributed by atoms with Crippen molar-refractivity contribution in [3.8, 4) is 11.5 Å². The Morgan fingerprint density at radius 1 is 1.21 bits per heavy atom. The second kappa shape index (κ2) is 11.5. The molecule has 0 spiro atoms. The highest BCUT2D eigenvalue weighted by atomic mass is 127. The molecule has 6 nitrogen and oxygen atoms in total. The molecule has 0 atom stereocenters. The zero-order valence-corrected chi connectivity index (χ0v) is 19.9. The number of thiazole rings is 1. The summed E-state index contributed by atoms with van der Waals surface area (Å²) in [6, 6.07) is 5.99. The van der Waals surface area contributed by atoms with E-state index in [0.717, 1.165) is 59.7 Å². The molecule has 0 aliphatic carbocycles. The number of rotatable bonds is 6. The lowest BCUT2D eigenvalue weighted by Gasteiger charge is -2.13. The molecule has 1 aromatic heterocycles. The van der Waals surface area contributed by atoms with Crippen molar-refractivity contribution in [2.24, 2.45) is 4.99 Å². The topological polar surface area (TPSA) is 67.8 Å². The third-order valence-electron chi connectivity index (χ3n) is 4.31. The van der Waals surface area contributed by atoms with E-state index in [1.54, 1.807) is 11.3 Å². The van der Waals surface area contributed by atoms with Crippen molar-refractivity contribution in [3.63, 3.8) is 0 Å². The second-order valence-electron chi connectivity index (χ2n) is 6.42. The molecule has 2 aromatic rings. The van der Waals surface area contributed by atoms with Gasteiger partial charge in [0.05, 0.1) is 30.5 Å². The Hall–Kier alpha value is -1.55. The first-order valence-corrected chi connectivity index (χ1v) is 10.3. The number of fused-ring (bicyclic) bond motifs is 1. The highest BCUT2D eigenvalue weighted by molar-refractivity contribution is 14.0. The quantitative estimate of drug-likeness (QED) is 0.347. The molecule has 1 aliphatic heterocycles. The summed E-state index contributed by atoms with van der Waals surface area (Å²) in [5, 5.41) is 7.85. The largest absolute Gasteiger partial charge is 0.490 e. The molecule has 0 bridgehead atoms. The van der Waals surface area contributed by atoms with Crippen LogP contribution in [0.25, 0.3) is 0 Å². The van der Waals surface area contributed by atoms with Crippen LogP contribution in [0.3, 0.4) is 0 Å². The van der Waals surface area contributed by atoms with Crippen LogP contribution in [-0.2, 0) is 13.0 Å². The van der Waals surface area contributed by atoms with Crippen LogP contribution >= 0.6 is 35.3 Å². The lowest BCUT2D eigenvalue weighted by Crippen LogP contribution is -2.38. The number of ether oxygens (including phenoxy) is 2. The van der Waals surface area contributed by atoms with Crippen LogP contribution in [0.2, 0.25) is 0 Å². The molecular weight excluding hydrogens is 487 g/mol. The van der Waals surface area contributed by atoms with Crippen LogP contribution in [0.1, 0.15) is 34.5 Å². The fraction of sp³-hybridized carbons (Fsp3) is 0.500. The average Bonchev–Trinajstić information content (AvgIpc) is 2.85. The van der Waals surface area contributed by atoms with Gasteiger partial charge in [-0.1, -0.05) is 12.1 Å². The van der Waals surface area contributed by atoms with E-state index < -0.39 is 0 Å². The van der Waals surface area contributed by atoms with Gasteiger partial charge < -0.3 is 20.1 Å². The third kappa shape index (κ3) is 6.23. The molecular formula is C20H29IN4O2S. The van der Waals surface area contributed by atoms with Gasteiger partial charge in [-0.3, -0.25) is 0 Å². The van der Waals surface area contributed by atoms with Gasteiger partial charge in [0.1, 0.15) is 0 Å². The smallest absolute Gasteiger partial charge is 0.191 e. The Morgan fingerprint density at radius 3 is 2.79 bits per heavy atom. The van der Waals surface area contributed by atoms with E-state index in [1.807, 2.05) is 18.2 Å². The lowest BCUT2D eigenvalue weighted by molar-refractivity contribution is 0.296. The van der Waals surface area contributed by atoms with E-state index in [0.29, 0.717) is 19.8 Å². The van der Waals surface area contributed by atoms with E-state index in [2.05, 4.69) is 36.4 Å². The van der Waals surface area contributed by atoms with Gasteiger partial charge in [-0.2, -0.15) is 0 Å². The fourth-order valence-electron chi connectivity index (χ4n) is 2.82. The Labute approximate surface area is 188 Å². The molecule has 2 N–H and O–H groups in total. The molecule has 0 unspecified atom stereocenters. The highest BCUT2D eigenvalue weighted by Crippen LogP contribution is 2.33. The lowest BCUT2D eigenvalue weighted by atomic mass is 10.2. The number of aliphatic imine (C=N–C) groups is 1. The molecule has 1 aromatic carbocycles. The number of halogens is 1. The Bertz CT molecular complexity index is 775. The summed E-state index contributed by atoms with van der Waals surface area (Å²) >= 11 is 1.77. The fourth-order valence-corrected chi connectivity index (χ4v) is 3.75. The van der Waals surface area contributed by atoms with Gasteiger partial charge in [-0.25, -0.2) is 9.98 Å². The van der Waals surface area contributed by atoms with Crippen LogP contribution in [-0.4, -0.2) is 37.2 Å². The summed E-state index contributed by atoms with van der Waals surface area (Å²) in [5.74, 6) is 2.44. The Kier molecular flexibility index (Phi) is 9.30. The molecule has 0 amide bonds. The van der Waals surface area contributed by atoms with E-state index in [1.165, 1.54) is 4.88 Å². The maximum Gasteiger partial charge on any atom is 0.191 e. The van der Waals surface area contributed by atoms with Crippen LogP contribution in [0.15, 0.2) is 23.2 Å². The van der Waals surface area contributed by atoms with Gasteiger partial charge in [0.15, 0.2) is 17.5 Å². The number of benzene rings is 1. The van der Waals surface area contributed by atoms with Crippen molar-refractivity contribution in [3.05, 3.63) is 39.3 Å². The molecule has 28 heavy (non-hydrogen) atoms. The van der Waals surface area contributed by atoms with Gasteiger partial charge in [0.25, 0.3) is 0 Å². The van der Waals surface area contributed by atoms with Crippen LogP contribution < -0.4 is 20.1 Å². The van der Waals surface area contributed by atoms with Gasteiger partial charge >= 0.3 is 0 Å². The van der Waals surface area contributed by atoms with Gasteiger partial charge in [0, 0.05) is 36.4 Å². The summed E-state index contributed by atoms with van der Waals surface area (Å²) in [6.45, 7) is 9.76. The Balaban J connectivity index is 0.00000280. The van der Waals surface area contributed by atoms with E-state index in [9.17, 15) is 0 Å². The number of aryl methyl sites for hydroxylation is 2. The molecule has 0 fully saturated rings. The van der Waals surface area contributed by atoms with E-state index in [-0.39, 0.29) is 24.0 Å². The van der Waals surface area contributed by atoms with Gasteiger partial charge in [-0.05, 0) is 26.8 Å². The maximum absolute atomic E-state index is 5.88. The molecule has 1 aliphatic rings. The van der Waals surface area contributed by atoms with Gasteiger partial charge in [0.2, 0.25) is 0 Å². The van der Waals surface area contributed by atoms with Crippen molar-refractivity contribution in [1.82, 2.24) is 15.6 Å². The van der Waals surface area contributed by atoms with E-state index >= 15 is 0 Å². The first-order valence-electron chi connectivity index (χ1n) is 9.50. The molecule has 0 saturated carbocycles. The molecule has 3 rings (SSSR count). The van der Waals surface area contributed by atoms with Crippen molar-refractivity contribution < 1.29 is 9.47 Å². The maximum atomic E-state index is 5.88. The highest BCUT2D eigenvalue weighted by Gasteiger charge is 2.14. The number of hydrogen-bond donors (Lipinski definition) is 2. The molecule has 2 heterocycles. The minimum atomic E-state index is 0. The second-order valence-corrected chi connectivity index (χ2v) is 7.70. The first kappa shape index (κ1) is 22.7.